The first-order chi connectivity index (χ1) is 8.90. The van der Waals surface area contributed by atoms with E-state index in [4.69, 9.17) is 4.52 Å². The van der Waals surface area contributed by atoms with Gasteiger partial charge in [0.15, 0.2) is 5.82 Å². The van der Waals surface area contributed by atoms with E-state index in [9.17, 15) is 0 Å². The zero-order valence-electron chi connectivity index (χ0n) is 12.7. The predicted octanol–water partition coefficient (Wildman–Crippen LogP) is 1.98. The Kier molecular flexibility index (Phi) is 4.26. The fourth-order valence-corrected chi connectivity index (χ4v) is 2.62. The Labute approximate surface area is 115 Å². The molecular weight excluding hydrogens is 240 g/mol. The molecule has 2 atom stereocenters. The number of hydrogen-bond acceptors (Lipinski definition) is 5. The van der Waals surface area contributed by atoms with Crippen LogP contribution in [0.25, 0.3) is 0 Å². The number of nitrogens with one attached hydrogen (secondary N) is 1. The smallest absolute Gasteiger partial charge is 0.223 e. The third kappa shape index (κ3) is 3.54. The van der Waals surface area contributed by atoms with Crippen LogP contribution in [0.3, 0.4) is 0 Å². The molecule has 0 aliphatic carbocycles. The third-order valence-electron chi connectivity index (χ3n) is 3.96. The van der Waals surface area contributed by atoms with Crippen molar-refractivity contribution in [2.24, 2.45) is 5.41 Å². The van der Waals surface area contributed by atoms with Crippen LogP contribution in [0.1, 0.15) is 45.8 Å². The molecule has 1 aliphatic rings. The number of aryl methyl sites for hydroxylation is 1. The van der Waals surface area contributed by atoms with E-state index in [1.807, 2.05) is 6.92 Å². The van der Waals surface area contributed by atoms with E-state index in [2.05, 4.69) is 48.1 Å². The average molecular weight is 266 g/mol. The van der Waals surface area contributed by atoms with E-state index in [1.54, 1.807) is 0 Å². The Hall–Kier alpha value is -0.940. The molecule has 108 valence electrons. The van der Waals surface area contributed by atoms with Crippen LogP contribution in [0, 0.1) is 12.3 Å². The van der Waals surface area contributed by atoms with Crippen LogP contribution in [0.5, 0.6) is 0 Å². The molecule has 19 heavy (non-hydrogen) atoms. The Morgan fingerprint density at radius 3 is 2.68 bits per heavy atom. The fraction of sp³-hybridized carbons (Fsp3) is 0.857. The summed E-state index contributed by atoms with van der Waals surface area (Å²) < 4.78 is 5.07. The second kappa shape index (κ2) is 5.59. The van der Waals surface area contributed by atoms with Crippen LogP contribution in [-0.4, -0.2) is 40.2 Å². The van der Waals surface area contributed by atoms with Crippen LogP contribution >= 0.6 is 0 Å². The molecule has 0 bridgehead atoms. The molecule has 1 aliphatic heterocycles. The number of piperazine rings is 1. The van der Waals surface area contributed by atoms with Crippen molar-refractivity contribution in [2.75, 3.05) is 13.1 Å². The summed E-state index contributed by atoms with van der Waals surface area (Å²) in [4.78, 5) is 6.80. The second-order valence-electron chi connectivity index (χ2n) is 6.55. The van der Waals surface area contributed by atoms with Gasteiger partial charge in [-0.15, -0.1) is 0 Å². The summed E-state index contributed by atoms with van der Waals surface area (Å²) in [6.45, 7) is 13.8. The summed E-state index contributed by atoms with van der Waals surface area (Å²) in [5.74, 6) is 1.44. The van der Waals surface area contributed by atoms with E-state index in [0.717, 1.165) is 31.9 Å². The lowest BCUT2D eigenvalue weighted by atomic mass is 9.84. The van der Waals surface area contributed by atoms with Gasteiger partial charge in [0, 0.05) is 32.1 Å². The zero-order chi connectivity index (χ0) is 14.0. The first-order valence-electron chi connectivity index (χ1n) is 7.16. The first kappa shape index (κ1) is 14.5. The SMILES string of the molecule is CCC1CNC(C(C)(C)C)CN1Cc1noc(C)n1. The molecule has 0 aromatic carbocycles. The van der Waals surface area contributed by atoms with Gasteiger partial charge in [0.05, 0.1) is 6.54 Å². The molecule has 0 amide bonds. The summed E-state index contributed by atoms with van der Waals surface area (Å²) in [7, 11) is 0. The monoisotopic (exact) mass is 266 g/mol. The molecule has 1 aromatic rings. The highest BCUT2D eigenvalue weighted by Crippen LogP contribution is 2.25. The maximum absolute atomic E-state index is 5.07. The average Bonchev–Trinajstić information content (AvgIpc) is 2.73. The second-order valence-corrected chi connectivity index (χ2v) is 6.55. The summed E-state index contributed by atoms with van der Waals surface area (Å²) >= 11 is 0. The van der Waals surface area contributed by atoms with E-state index < -0.39 is 0 Å². The summed E-state index contributed by atoms with van der Waals surface area (Å²) in [5.41, 5.74) is 0.268. The van der Waals surface area contributed by atoms with Crippen LogP contribution in [-0.2, 0) is 6.54 Å². The lowest BCUT2D eigenvalue weighted by molar-refractivity contribution is 0.0748. The van der Waals surface area contributed by atoms with Crippen molar-refractivity contribution in [1.82, 2.24) is 20.4 Å². The van der Waals surface area contributed by atoms with E-state index in [1.165, 1.54) is 0 Å². The van der Waals surface area contributed by atoms with Gasteiger partial charge in [-0.2, -0.15) is 4.98 Å². The molecule has 0 saturated carbocycles. The Balaban J connectivity index is 2.05. The largest absolute Gasteiger partial charge is 0.340 e. The van der Waals surface area contributed by atoms with Gasteiger partial charge < -0.3 is 9.84 Å². The minimum atomic E-state index is 0.268. The van der Waals surface area contributed by atoms with Crippen LogP contribution in [0.2, 0.25) is 0 Å². The van der Waals surface area contributed by atoms with Crippen molar-refractivity contribution in [2.45, 2.75) is 59.7 Å². The molecule has 2 unspecified atom stereocenters. The predicted molar refractivity (Wildman–Crippen MR) is 74.8 cm³/mol. The minimum Gasteiger partial charge on any atom is -0.340 e. The van der Waals surface area contributed by atoms with Gasteiger partial charge in [-0.25, -0.2) is 0 Å². The minimum absolute atomic E-state index is 0.268. The van der Waals surface area contributed by atoms with E-state index in [-0.39, 0.29) is 5.41 Å². The van der Waals surface area contributed by atoms with Crippen molar-refractivity contribution in [1.29, 1.82) is 0 Å². The van der Waals surface area contributed by atoms with Crippen molar-refractivity contribution in [3.63, 3.8) is 0 Å². The van der Waals surface area contributed by atoms with Crippen molar-refractivity contribution in [3.8, 4) is 0 Å². The zero-order valence-corrected chi connectivity index (χ0v) is 12.7. The van der Waals surface area contributed by atoms with Gasteiger partial charge in [-0.05, 0) is 11.8 Å². The summed E-state index contributed by atoms with van der Waals surface area (Å²) in [6, 6.07) is 1.06. The molecule has 0 radical (unpaired) electrons. The maximum atomic E-state index is 5.07. The molecule has 1 fully saturated rings. The van der Waals surface area contributed by atoms with Gasteiger partial charge in [-0.1, -0.05) is 32.9 Å². The highest BCUT2D eigenvalue weighted by atomic mass is 16.5. The maximum Gasteiger partial charge on any atom is 0.223 e. The summed E-state index contributed by atoms with van der Waals surface area (Å²) in [5, 5.41) is 7.69. The Morgan fingerprint density at radius 1 is 1.42 bits per heavy atom. The van der Waals surface area contributed by atoms with Crippen LogP contribution in [0.15, 0.2) is 4.52 Å². The van der Waals surface area contributed by atoms with Crippen molar-refractivity contribution >= 4 is 0 Å². The van der Waals surface area contributed by atoms with Crippen molar-refractivity contribution < 1.29 is 4.52 Å². The molecule has 5 nitrogen and oxygen atoms in total. The molecule has 1 aromatic heterocycles. The molecular formula is C14H26N4O. The summed E-state index contributed by atoms with van der Waals surface area (Å²) in [6.07, 6.45) is 1.14. The molecule has 2 heterocycles. The third-order valence-corrected chi connectivity index (χ3v) is 3.96. The van der Waals surface area contributed by atoms with Gasteiger partial charge in [0.2, 0.25) is 5.89 Å². The molecule has 0 spiro atoms. The lowest BCUT2D eigenvalue weighted by Gasteiger charge is -2.44. The number of hydrogen-bond donors (Lipinski definition) is 1. The van der Waals surface area contributed by atoms with Crippen LogP contribution < -0.4 is 5.32 Å². The topological polar surface area (TPSA) is 54.2 Å². The molecule has 1 N–H and O–H groups in total. The standard InChI is InChI=1S/C14H26N4O/c1-6-11-7-15-12(14(3,4)5)8-18(11)9-13-16-10(2)19-17-13/h11-12,15H,6-9H2,1-5H3. The molecule has 2 rings (SSSR count). The van der Waals surface area contributed by atoms with Gasteiger partial charge >= 0.3 is 0 Å². The fourth-order valence-electron chi connectivity index (χ4n) is 2.62. The number of rotatable bonds is 3. The number of aromatic nitrogens is 2. The van der Waals surface area contributed by atoms with Crippen molar-refractivity contribution in [3.05, 3.63) is 11.7 Å². The highest BCUT2D eigenvalue weighted by molar-refractivity contribution is 4.94. The lowest BCUT2D eigenvalue weighted by Crippen LogP contribution is -2.59. The van der Waals surface area contributed by atoms with E-state index in [0.29, 0.717) is 18.0 Å². The first-order valence-corrected chi connectivity index (χ1v) is 7.16. The Morgan fingerprint density at radius 2 is 2.16 bits per heavy atom. The molecule has 1 saturated heterocycles. The quantitative estimate of drug-likeness (QED) is 0.906. The normalized spacial score (nSPS) is 25.7. The number of nitrogens with zero attached hydrogens (tertiary/aromatic N) is 3. The highest BCUT2D eigenvalue weighted by Gasteiger charge is 2.33. The van der Waals surface area contributed by atoms with Gasteiger partial charge in [0.1, 0.15) is 0 Å². The van der Waals surface area contributed by atoms with E-state index >= 15 is 0 Å². The molecule has 5 heteroatoms. The Bertz CT molecular complexity index is 410. The van der Waals surface area contributed by atoms with Gasteiger partial charge in [0.25, 0.3) is 0 Å². The van der Waals surface area contributed by atoms with Crippen LogP contribution in [0.4, 0.5) is 0 Å². The van der Waals surface area contributed by atoms with Gasteiger partial charge in [-0.3, -0.25) is 4.90 Å².